The molecular formula is C13H16FN3. The number of hydrogen-bond donors (Lipinski definition) is 2. The molecule has 2 aromatic rings. The first-order chi connectivity index (χ1) is 8.24. The molecule has 2 N–H and O–H groups in total. The van der Waals surface area contributed by atoms with E-state index in [1.807, 2.05) is 13.0 Å². The van der Waals surface area contributed by atoms with E-state index in [1.54, 1.807) is 12.1 Å². The van der Waals surface area contributed by atoms with E-state index in [0.29, 0.717) is 5.56 Å². The van der Waals surface area contributed by atoms with E-state index in [1.165, 1.54) is 6.07 Å². The fourth-order valence-electron chi connectivity index (χ4n) is 1.74. The maximum atomic E-state index is 13.6. The molecule has 0 saturated heterocycles. The van der Waals surface area contributed by atoms with E-state index in [0.717, 1.165) is 30.0 Å². The minimum Gasteiger partial charge on any atom is -0.368 e. The minimum absolute atomic E-state index is 0.235. The van der Waals surface area contributed by atoms with Crippen LogP contribution in [0.5, 0.6) is 0 Å². The quantitative estimate of drug-likeness (QED) is 0.850. The summed E-state index contributed by atoms with van der Waals surface area (Å²) in [6.45, 7) is 4.89. The number of rotatable bonds is 4. The van der Waals surface area contributed by atoms with Gasteiger partial charge in [0.15, 0.2) is 5.82 Å². The number of benzene rings is 1. The average molecular weight is 233 g/mol. The zero-order valence-electron chi connectivity index (χ0n) is 10.0. The van der Waals surface area contributed by atoms with E-state index in [-0.39, 0.29) is 5.82 Å². The highest BCUT2D eigenvalue weighted by atomic mass is 19.1. The average Bonchev–Trinajstić information content (AvgIpc) is 2.69. The third kappa shape index (κ3) is 2.30. The standard InChI is InChI=1S/C13H16FN3/c1-3-8-15-13-9(2)12(16-17-13)10-6-4-5-7-11(10)14/h4-7H,3,8H2,1-2H3,(H2,15,16,17). The summed E-state index contributed by atoms with van der Waals surface area (Å²) in [6, 6.07) is 6.70. The molecule has 0 amide bonds. The summed E-state index contributed by atoms with van der Waals surface area (Å²) in [5.41, 5.74) is 2.24. The van der Waals surface area contributed by atoms with Gasteiger partial charge >= 0.3 is 0 Å². The van der Waals surface area contributed by atoms with Gasteiger partial charge in [-0.15, -0.1) is 0 Å². The van der Waals surface area contributed by atoms with Gasteiger partial charge in [-0.2, -0.15) is 5.10 Å². The number of aromatic nitrogens is 2. The summed E-state index contributed by atoms with van der Waals surface area (Å²) in [5.74, 6) is 0.561. The first-order valence-electron chi connectivity index (χ1n) is 5.77. The molecule has 0 saturated carbocycles. The fourth-order valence-corrected chi connectivity index (χ4v) is 1.74. The van der Waals surface area contributed by atoms with Gasteiger partial charge in [0.2, 0.25) is 0 Å². The van der Waals surface area contributed by atoms with E-state index >= 15 is 0 Å². The molecule has 0 radical (unpaired) electrons. The van der Waals surface area contributed by atoms with Crippen molar-refractivity contribution >= 4 is 5.82 Å². The van der Waals surface area contributed by atoms with Crippen LogP contribution in [0.15, 0.2) is 24.3 Å². The van der Waals surface area contributed by atoms with Crippen molar-refractivity contribution in [3.63, 3.8) is 0 Å². The van der Waals surface area contributed by atoms with Gasteiger partial charge in [0.25, 0.3) is 0 Å². The van der Waals surface area contributed by atoms with Crippen LogP contribution in [0.3, 0.4) is 0 Å². The Hall–Kier alpha value is -1.84. The van der Waals surface area contributed by atoms with Crippen LogP contribution >= 0.6 is 0 Å². The number of anilines is 1. The zero-order chi connectivity index (χ0) is 12.3. The Morgan fingerprint density at radius 2 is 2.12 bits per heavy atom. The van der Waals surface area contributed by atoms with Gasteiger partial charge in [0.05, 0.1) is 5.69 Å². The molecule has 0 aliphatic rings. The van der Waals surface area contributed by atoms with Crippen LogP contribution in [-0.4, -0.2) is 16.7 Å². The summed E-state index contributed by atoms with van der Waals surface area (Å²) in [4.78, 5) is 0. The topological polar surface area (TPSA) is 40.7 Å². The molecule has 0 atom stereocenters. The second-order valence-electron chi connectivity index (χ2n) is 3.98. The Kier molecular flexibility index (Phi) is 3.42. The van der Waals surface area contributed by atoms with Crippen molar-refractivity contribution in [3.8, 4) is 11.3 Å². The summed E-state index contributed by atoms with van der Waals surface area (Å²) in [5, 5.41) is 10.3. The van der Waals surface area contributed by atoms with Crippen LogP contribution in [0.1, 0.15) is 18.9 Å². The van der Waals surface area contributed by atoms with Crippen molar-refractivity contribution in [2.45, 2.75) is 20.3 Å². The molecule has 0 bridgehead atoms. The van der Waals surface area contributed by atoms with Crippen LogP contribution < -0.4 is 5.32 Å². The highest BCUT2D eigenvalue weighted by Gasteiger charge is 2.12. The Bertz CT molecular complexity index is 505. The van der Waals surface area contributed by atoms with E-state index in [9.17, 15) is 4.39 Å². The SMILES string of the molecule is CCCNc1n[nH]c(-c2ccccc2F)c1C. The predicted molar refractivity (Wildman–Crippen MR) is 67.5 cm³/mol. The molecule has 17 heavy (non-hydrogen) atoms. The molecule has 3 nitrogen and oxygen atoms in total. The number of H-pyrrole nitrogens is 1. The minimum atomic E-state index is -0.235. The molecule has 0 fully saturated rings. The molecule has 1 aromatic carbocycles. The van der Waals surface area contributed by atoms with Crippen molar-refractivity contribution in [1.82, 2.24) is 10.2 Å². The summed E-state index contributed by atoms with van der Waals surface area (Å²) in [7, 11) is 0. The third-order valence-corrected chi connectivity index (χ3v) is 2.70. The highest BCUT2D eigenvalue weighted by Crippen LogP contribution is 2.27. The second kappa shape index (κ2) is 4.99. The first-order valence-corrected chi connectivity index (χ1v) is 5.77. The van der Waals surface area contributed by atoms with Gasteiger partial charge in [-0.05, 0) is 25.5 Å². The number of nitrogens with zero attached hydrogens (tertiary/aromatic N) is 1. The summed E-state index contributed by atoms with van der Waals surface area (Å²) < 4.78 is 13.6. The Balaban J connectivity index is 2.34. The van der Waals surface area contributed by atoms with Gasteiger partial charge in [-0.25, -0.2) is 4.39 Å². The largest absolute Gasteiger partial charge is 0.368 e. The molecular weight excluding hydrogens is 217 g/mol. The van der Waals surface area contributed by atoms with Crippen LogP contribution in [0, 0.1) is 12.7 Å². The lowest BCUT2D eigenvalue weighted by Gasteiger charge is -2.03. The molecule has 4 heteroatoms. The predicted octanol–water partition coefficient (Wildman–Crippen LogP) is 3.35. The molecule has 0 spiro atoms. The van der Waals surface area contributed by atoms with Crippen molar-refractivity contribution in [3.05, 3.63) is 35.6 Å². The molecule has 2 rings (SSSR count). The fraction of sp³-hybridized carbons (Fsp3) is 0.308. The molecule has 1 aromatic heterocycles. The molecule has 0 unspecified atom stereocenters. The number of aromatic amines is 1. The Labute approximate surface area is 100 Å². The summed E-state index contributed by atoms with van der Waals surface area (Å²) in [6.07, 6.45) is 1.03. The molecule has 0 aliphatic carbocycles. The normalized spacial score (nSPS) is 10.5. The number of nitrogens with one attached hydrogen (secondary N) is 2. The van der Waals surface area contributed by atoms with Gasteiger partial charge in [-0.3, -0.25) is 5.10 Å². The lowest BCUT2D eigenvalue weighted by Crippen LogP contribution is -2.01. The first kappa shape index (κ1) is 11.6. The molecule has 90 valence electrons. The van der Waals surface area contributed by atoms with Crippen LogP contribution in [0.4, 0.5) is 10.2 Å². The van der Waals surface area contributed by atoms with Crippen molar-refractivity contribution < 1.29 is 4.39 Å². The Morgan fingerprint density at radius 1 is 1.35 bits per heavy atom. The Morgan fingerprint density at radius 3 is 2.82 bits per heavy atom. The smallest absolute Gasteiger partial charge is 0.151 e. The van der Waals surface area contributed by atoms with Crippen LogP contribution in [0.25, 0.3) is 11.3 Å². The van der Waals surface area contributed by atoms with Gasteiger partial charge in [0, 0.05) is 17.7 Å². The maximum Gasteiger partial charge on any atom is 0.151 e. The molecule has 1 heterocycles. The lowest BCUT2D eigenvalue weighted by atomic mass is 10.1. The van der Waals surface area contributed by atoms with Gasteiger partial charge in [0.1, 0.15) is 5.82 Å². The zero-order valence-corrected chi connectivity index (χ0v) is 10.0. The van der Waals surface area contributed by atoms with Crippen LogP contribution in [-0.2, 0) is 0 Å². The lowest BCUT2D eigenvalue weighted by molar-refractivity contribution is 0.630. The monoisotopic (exact) mass is 233 g/mol. The second-order valence-corrected chi connectivity index (χ2v) is 3.98. The van der Waals surface area contributed by atoms with Crippen molar-refractivity contribution in [2.24, 2.45) is 0 Å². The van der Waals surface area contributed by atoms with Crippen LogP contribution in [0.2, 0.25) is 0 Å². The van der Waals surface area contributed by atoms with Crippen molar-refractivity contribution in [2.75, 3.05) is 11.9 Å². The van der Waals surface area contributed by atoms with E-state index in [2.05, 4.69) is 22.4 Å². The van der Waals surface area contributed by atoms with Gasteiger partial charge in [-0.1, -0.05) is 19.1 Å². The summed E-state index contributed by atoms with van der Waals surface area (Å²) >= 11 is 0. The van der Waals surface area contributed by atoms with Gasteiger partial charge < -0.3 is 5.32 Å². The third-order valence-electron chi connectivity index (χ3n) is 2.70. The van der Waals surface area contributed by atoms with E-state index < -0.39 is 0 Å². The number of halogens is 1. The number of hydrogen-bond acceptors (Lipinski definition) is 2. The molecule has 0 aliphatic heterocycles. The van der Waals surface area contributed by atoms with Crippen molar-refractivity contribution in [1.29, 1.82) is 0 Å². The maximum absolute atomic E-state index is 13.6. The van der Waals surface area contributed by atoms with E-state index in [4.69, 9.17) is 0 Å². The highest BCUT2D eigenvalue weighted by molar-refractivity contribution is 5.68.